The van der Waals surface area contributed by atoms with Crippen LogP contribution in [0.25, 0.3) is 6.08 Å². The molecule has 2 aromatic rings. The highest BCUT2D eigenvalue weighted by Crippen LogP contribution is 2.33. The van der Waals surface area contributed by atoms with Gasteiger partial charge >= 0.3 is 0 Å². The zero-order valence-electron chi connectivity index (χ0n) is 15.9. The van der Waals surface area contributed by atoms with Crippen LogP contribution in [0.3, 0.4) is 0 Å². The summed E-state index contributed by atoms with van der Waals surface area (Å²) < 4.78 is 6.28. The number of piperidine rings is 1. The summed E-state index contributed by atoms with van der Waals surface area (Å²) >= 11 is 0. The molecule has 0 saturated carbocycles. The average Bonchev–Trinajstić information content (AvgIpc) is 2.73. The molecule has 1 spiro atoms. The Morgan fingerprint density at radius 3 is 2.90 bits per heavy atom. The van der Waals surface area contributed by atoms with Gasteiger partial charge in [-0.1, -0.05) is 36.4 Å². The fourth-order valence-electron chi connectivity index (χ4n) is 3.91. The molecule has 1 saturated heterocycles. The molecule has 3 N–H and O–H groups in total. The van der Waals surface area contributed by atoms with Crippen molar-refractivity contribution in [1.82, 2.24) is 15.7 Å². The Hall–Kier alpha value is -3.16. The number of nitrogens with one attached hydrogen (secondary N) is 2. The Labute approximate surface area is 168 Å². The van der Waals surface area contributed by atoms with Gasteiger partial charge in [-0.25, -0.2) is 5.48 Å². The van der Waals surface area contributed by atoms with Gasteiger partial charge in [0.1, 0.15) is 5.75 Å². The SMILES string of the molecule is O=C(/C=C/c1ccc2c(c1)C(=O)NC1(CCCN(Cc3ccccc3)C1)O2)NO. The largest absolute Gasteiger partial charge is 0.466 e. The normalized spacial score (nSPS) is 21.5. The summed E-state index contributed by atoms with van der Waals surface area (Å²) in [5, 5.41) is 11.6. The van der Waals surface area contributed by atoms with Gasteiger partial charge in [-0.05, 0) is 42.3 Å². The van der Waals surface area contributed by atoms with Gasteiger partial charge in [0.05, 0.1) is 12.1 Å². The number of amides is 2. The highest BCUT2D eigenvalue weighted by Gasteiger charge is 2.43. The van der Waals surface area contributed by atoms with Gasteiger partial charge in [-0.3, -0.25) is 19.7 Å². The first kappa shape index (κ1) is 19.2. The van der Waals surface area contributed by atoms with Crippen molar-refractivity contribution in [2.45, 2.75) is 25.1 Å². The standard InChI is InChI=1S/C22H23N3O4/c26-20(24-28)10-8-16-7-9-19-18(13-16)21(27)23-22(29-19)11-4-12-25(15-22)14-17-5-2-1-3-6-17/h1-3,5-10,13,28H,4,11-12,14-15H2,(H,23,27)(H,24,26)/b10-8+. The predicted octanol–water partition coefficient (Wildman–Crippen LogP) is 2.32. The van der Waals surface area contributed by atoms with Crippen LogP contribution < -0.4 is 15.5 Å². The molecule has 29 heavy (non-hydrogen) atoms. The van der Waals surface area contributed by atoms with Crippen molar-refractivity contribution in [3.63, 3.8) is 0 Å². The number of hydroxylamine groups is 1. The molecule has 150 valence electrons. The van der Waals surface area contributed by atoms with Crippen LogP contribution in [-0.4, -0.2) is 40.7 Å². The van der Waals surface area contributed by atoms with Crippen LogP contribution in [0.2, 0.25) is 0 Å². The minimum atomic E-state index is -0.731. The van der Waals surface area contributed by atoms with E-state index in [-0.39, 0.29) is 5.91 Å². The summed E-state index contributed by atoms with van der Waals surface area (Å²) in [5.41, 5.74) is 3.13. The zero-order chi connectivity index (χ0) is 20.3. The van der Waals surface area contributed by atoms with Gasteiger partial charge in [0.25, 0.3) is 11.8 Å². The van der Waals surface area contributed by atoms with Crippen molar-refractivity contribution in [1.29, 1.82) is 0 Å². The van der Waals surface area contributed by atoms with Crippen molar-refractivity contribution in [3.8, 4) is 5.75 Å². The van der Waals surface area contributed by atoms with Crippen molar-refractivity contribution in [2.75, 3.05) is 13.1 Å². The van der Waals surface area contributed by atoms with Crippen LogP contribution in [-0.2, 0) is 11.3 Å². The monoisotopic (exact) mass is 393 g/mol. The maximum atomic E-state index is 12.8. The van der Waals surface area contributed by atoms with Crippen LogP contribution in [0.1, 0.15) is 34.3 Å². The van der Waals surface area contributed by atoms with Gasteiger partial charge < -0.3 is 10.1 Å². The van der Waals surface area contributed by atoms with Gasteiger partial charge in [0.15, 0.2) is 5.72 Å². The third-order valence-corrected chi connectivity index (χ3v) is 5.22. The summed E-state index contributed by atoms with van der Waals surface area (Å²) in [4.78, 5) is 26.3. The van der Waals surface area contributed by atoms with E-state index in [1.165, 1.54) is 23.2 Å². The van der Waals surface area contributed by atoms with Gasteiger partial charge in [-0.2, -0.15) is 0 Å². The number of ether oxygens (including phenoxy) is 1. The highest BCUT2D eigenvalue weighted by molar-refractivity contribution is 5.99. The van der Waals surface area contributed by atoms with Crippen molar-refractivity contribution in [2.24, 2.45) is 0 Å². The van der Waals surface area contributed by atoms with Gasteiger partial charge in [0.2, 0.25) is 0 Å². The van der Waals surface area contributed by atoms with E-state index in [2.05, 4.69) is 22.3 Å². The minimum Gasteiger partial charge on any atom is -0.466 e. The maximum Gasteiger partial charge on any atom is 0.267 e. The number of likely N-dealkylation sites (tertiary alicyclic amines) is 1. The number of carbonyl (C=O) groups excluding carboxylic acids is 2. The lowest BCUT2D eigenvalue weighted by atomic mass is 9.97. The third kappa shape index (κ3) is 4.31. The first-order valence-electron chi connectivity index (χ1n) is 9.61. The summed E-state index contributed by atoms with van der Waals surface area (Å²) in [7, 11) is 0. The molecular weight excluding hydrogens is 370 g/mol. The average molecular weight is 393 g/mol. The fourth-order valence-corrected chi connectivity index (χ4v) is 3.91. The number of nitrogens with zero attached hydrogens (tertiary/aromatic N) is 1. The van der Waals surface area contributed by atoms with E-state index in [0.29, 0.717) is 23.4 Å². The van der Waals surface area contributed by atoms with Crippen LogP contribution in [0.5, 0.6) is 5.75 Å². The van der Waals surface area contributed by atoms with E-state index < -0.39 is 11.6 Å². The smallest absolute Gasteiger partial charge is 0.267 e. The van der Waals surface area contributed by atoms with Crippen molar-refractivity contribution in [3.05, 3.63) is 71.3 Å². The molecule has 0 radical (unpaired) electrons. The number of fused-ring (bicyclic) bond motifs is 1. The van der Waals surface area contributed by atoms with E-state index in [0.717, 1.165) is 25.9 Å². The quantitative estimate of drug-likeness (QED) is 0.421. The Kier molecular flexibility index (Phi) is 5.33. The van der Waals surface area contributed by atoms with Crippen molar-refractivity contribution < 1.29 is 19.5 Å². The molecule has 1 unspecified atom stereocenters. The van der Waals surface area contributed by atoms with E-state index in [1.54, 1.807) is 18.2 Å². The molecule has 0 bridgehead atoms. The second-order valence-corrected chi connectivity index (χ2v) is 7.42. The van der Waals surface area contributed by atoms with Crippen LogP contribution in [0.4, 0.5) is 0 Å². The molecule has 1 fully saturated rings. The maximum absolute atomic E-state index is 12.8. The zero-order valence-corrected chi connectivity index (χ0v) is 15.9. The second-order valence-electron chi connectivity index (χ2n) is 7.42. The van der Waals surface area contributed by atoms with E-state index in [9.17, 15) is 9.59 Å². The molecule has 2 aliphatic heterocycles. The molecule has 2 aromatic carbocycles. The Morgan fingerprint density at radius 1 is 1.28 bits per heavy atom. The summed E-state index contributed by atoms with van der Waals surface area (Å²) in [6.07, 6.45) is 4.39. The predicted molar refractivity (Wildman–Crippen MR) is 107 cm³/mol. The lowest BCUT2D eigenvalue weighted by Crippen LogP contribution is -2.63. The number of carbonyl (C=O) groups is 2. The minimum absolute atomic E-state index is 0.185. The molecule has 7 heteroatoms. The Morgan fingerprint density at radius 2 is 2.10 bits per heavy atom. The summed E-state index contributed by atoms with van der Waals surface area (Å²) in [6.45, 7) is 2.39. The fraction of sp³-hybridized carbons (Fsp3) is 0.273. The number of hydrogen-bond donors (Lipinski definition) is 3. The van der Waals surface area contributed by atoms with Crippen LogP contribution in [0.15, 0.2) is 54.6 Å². The summed E-state index contributed by atoms with van der Waals surface area (Å²) in [5.74, 6) is -0.281. The highest BCUT2D eigenvalue weighted by atomic mass is 16.5. The van der Waals surface area contributed by atoms with E-state index >= 15 is 0 Å². The van der Waals surface area contributed by atoms with E-state index in [1.807, 2.05) is 18.2 Å². The second kappa shape index (κ2) is 8.06. The molecule has 7 nitrogen and oxygen atoms in total. The third-order valence-electron chi connectivity index (χ3n) is 5.22. The van der Waals surface area contributed by atoms with E-state index in [4.69, 9.17) is 9.94 Å². The Balaban J connectivity index is 1.51. The van der Waals surface area contributed by atoms with Gasteiger partial charge in [-0.15, -0.1) is 0 Å². The van der Waals surface area contributed by atoms with Gasteiger partial charge in [0, 0.05) is 19.0 Å². The van der Waals surface area contributed by atoms with Crippen LogP contribution in [0, 0.1) is 0 Å². The number of hydrogen-bond acceptors (Lipinski definition) is 5. The molecule has 2 heterocycles. The van der Waals surface area contributed by atoms with Crippen molar-refractivity contribution >= 4 is 17.9 Å². The molecule has 0 aliphatic carbocycles. The molecule has 2 amide bonds. The summed E-state index contributed by atoms with van der Waals surface area (Å²) in [6, 6.07) is 15.5. The Bertz CT molecular complexity index is 944. The molecule has 0 aromatic heterocycles. The lowest BCUT2D eigenvalue weighted by Gasteiger charge is -2.45. The molecule has 4 rings (SSSR count). The first-order chi connectivity index (χ1) is 14.1. The molecule has 2 aliphatic rings. The topological polar surface area (TPSA) is 90.9 Å². The number of benzene rings is 2. The van der Waals surface area contributed by atoms with Crippen LogP contribution >= 0.6 is 0 Å². The molecular formula is C22H23N3O4. The number of rotatable bonds is 4. The molecule has 1 atom stereocenters. The lowest BCUT2D eigenvalue weighted by molar-refractivity contribution is -0.124. The first-order valence-corrected chi connectivity index (χ1v) is 9.61.